The van der Waals surface area contributed by atoms with Crippen LogP contribution in [-0.4, -0.2) is 40.4 Å². The van der Waals surface area contributed by atoms with Gasteiger partial charge in [0.15, 0.2) is 26.2 Å². The van der Waals surface area contributed by atoms with Gasteiger partial charge in [0, 0.05) is 14.2 Å². The van der Waals surface area contributed by atoms with Crippen LogP contribution in [0.15, 0.2) is 24.3 Å². The Balaban J connectivity index is 2.73. The van der Waals surface area contributed by atoms with E-state index >= 15 is 0 Å². The summed E-state index contributed by atoms with van der Waals surface area (Å²) in [4.78, 5) is 22.5. The lowest BCUT2D eigenvalue weighted by Gasteiger charge is -2.16. The van der Waals surface area contributed by atoms with Crippen LogP contribution in [0, 0.1) is 0 Å². The van der Waals surface area contributed by atoms with E-state index in [2.05, 4.69) is 0 Å². The zero-order valence-electron chi connectivity index (χ0n) is 12.3. The molecule has 2 aromatic carbocycles. The van der Waals surface area contributed by atoms with Crippen LogP contribution in [0.4, 0.5) is 0 Å². The number of methoxy groups -OCH3 is 2. The second-order valence-corrected chi connectivity index (χ2v) is 4.40. The van der Waals surface area contributed by atoms with E-state index in [1.165, 1.54) is 14.2 Å². The Hall–Kier alpha value is -2.44. The number of rotatable bonds is 8. The lowest BCUT2D eigenvalue weighted by atomic mass is 10.0. The number of hydrogen-bond donors (Lipinski definition) is 0. The SMILES string of the molecule is COCOc1c(C=O)ccc2ccc(C=O)c(OCOC)c12. The summed E-state index contributed by atoms with van der Waals surface area (Å²) in [6, 6.07) is 6.79. The maximum atomic E-state index is 11.3. The second-order valence-electron chi connectivity index (χ2n) is 4.40. The van der Waals surface area contributed by atoms with Crippen molar-refractivity contribution in [1.82, 2.24) is 0 Å². The number of ether oxygens (including phenoxy) is 4. The van der Waals surface area contributed by atoms with Gasteiger partial charge in [-0.2, -0.15) is 0 Å². The standard InChI is InChI=1S/C16H16O6/c1-19-9-21-15-12(7-17)5-3-11-4-6-13(8-18)16(14(11)15)22-10-20-2/h3-8H,9-10H2,1-2H3. The van der Waals surface area contributed by atoms with Crippen LogP contribution in [0.25, 0.3) is 10.8 Å². The highest BCUT2D eigenvalue weighted by atomic mass is 16.7. The van der Waals surface area contributed by atoms with E-state index in [-0.39, 0.29) is 13.6 Å². The van der Waals surface area contributed by atoms with Crippen LogP contribution in [0.1, 0.15) is 20.7 Å². The van der Waals surface area contributed by atoms with Crippen molar-refractivity contribution in [3.05, 3.63) is 35.4 Å². The number of fused-ring (bicyclic) bond motifs is 1. The Bertz CT molecular complexity index is 625. The van der Waals surface area contributed by atoms with Crippen molar-refractivity contribution in [2.24, 2.45) is 0 Å². The zero-order valence-corrected chi connectivity index (χ0v) is 12.3. The molecule has 0 fully saturated rings. The van der Waals surface area contributed by atoms with E-state index < -0.39 is 0 Å². The molecule has 0 saturated heterocycles. The van der Waals surface area contributed by atoms with Gasteiger partial charge in [-0.1, -0.05) is 12.1 Å². The van der Waals surface area contributed by atoms with Crippen LogP contribution >= 0.6 is 0 Å². The molecule has 2 rings (SSSR count). The summed E-state index contributed by atoms with van der Waals surface area (Å²) < 4.78 is 20.8. The van der Waals surface area contributed by atoms with Gasteiger partial charge in [-0.05, 0) is 17.5 Å². The fourth-order valence-corrected chi connectivity index (χ4v) is 2.12. The zero-order chi connectivity index (χ0) is 15.9. The molecule has 0 bridgehead atoms. The molecule has 0 radical (unpaired) electrons. The Morgan fingerprint density at radius 3 is 1.64 bits per heavy atom. The topological polar surface area (TPSA) is 71.1 Å². The molecular formula is C16H16O6. The van der Waals surface area contributed by atoms with Crippen LogP contribution in [-0.2, 0) is 9.47 Å². The Labute approximate surface area is 127 Å². The molecule has 0 aliphatic heterocycles. The number of aldehydes is 2. The monoisotopic (exact) mass is 304 g/mol. The molecule has 0 heterocycles. The highest BCUT2D eigenvalue weighted by Gasteiger charge is 2.17. The number of hydrogen-bond acceptors (Lipinski definition) is 6. The summed E-state index contributed by atoms with van der Waals surface area (Å²) in [5.74, 6) is 0.619. The average molecular weight is 304 g/mol. The van der Waals surface area contributed by atoms with Crippen molar-refractivity contribution in [1.29, 1.82) is 0 Å². The van der Waals surface area contributed by atoms with Gasteiger partial charge < -0.3 is 18.9 Å². The van der Waals surface area contributed by atoms with Crippen molar-refractivity contribution >= 4 is 23.3 Å². The number of carbonyl (C=O) groups is 2. The maximum absolute atomic E-state index is 11.3. The smallest absolute Gasteiger partial charge is 0.188 e. The van der Waals surface area contributed by atoms with Crippen molar-refractivity contribution in [3.63, 3.8) is 0 Å². The first-order chi connectivity index (χ1) is 10.8. The minimum Gasteiger partial charge on any atom is -0.466 e. The van der Waals surface area contributed by atoms with Crippen LogP contribution < -0.4 is 9.47 Å². The van der Waals surface area contributed by atoms with Crippen LogP contribution in [0.3, 0.4) is 0 Å². The molecule has 0 saturated carbocycles. The van der Waals surface area contributed by atoms with Crippen molar-refractivity contribution < 1.29 is 28.5 Å². The Kier molecular flexibility index (Phi) is 5.46. The van der Waals surface area contributed by atoms with E-state index in [1.54, 1.807) is 24.3 Å². The summed E-state index contributed by atoms with van der Waals surface area (Å²) in [5, 5.41) is 1.30. The molecule has 2 aromatic rings. The van der Waals surface area contributed by atoms with E-state index in [1.807, 2.05) is 0 Å². The van der Waals surface area contributed by atoms with Gasteiger partial charge in [0.1, 0.15) is 11.5 Å². The third-order valence-electron chi connectivity index (χ3n) is 3.05. The molecule has 0 aliphatic carbocycles. The second kappa shape index (κ2) is 7.53. The van der Waals surface area contributed by atoms with E-state index in [0.717, 1.165) is 5.39 Å². The quantitative estimate of drug-likeness (QED) is 0.551. The lowest BCUT2D eigenvalue weighted by Crippen LogP contribution is -2.06. The molecule has 0 aliphatic rings. The van der Waals surface area contributed by atoms with Gasteiger partial charge in [0.25, 0.3) is 0 Å². The van der Waals surface area contributed by atoms with Crippen molar-refractivity contribution in [2.75, 3.05) is 27.8 Å². The molecule has 0 atom stereocenters. The predicted octanol–water partition coefficient (Wildman–Crippen LogP) is 2.43. The fourth-order valence-electron chi connectivity index (χ4n) is 2.12. The lowest BCUT2D eigenvalue weighted by molar-refractivity contribution is 0.0480. The molecule has 0 amide bonds. The molecule has 0 N–H and O–H groups in total. The minimum atomic E-state index is -0.0327. The maximum Gasteiger partial charge on any atom is 0.188 e. The predicted molar refractivity (Wildman–Crippen MR) is 79.7 cm³/mol. The molecule has 0 spiro atoms. The summed E-state index contributed by atoms with van der Waals surface area (Å²) in [6.07, 6.45) is 1.36. The van der Waals surface area contributed by atoms with Gasteiger partial charge in [-0.15, -0.1) is 0 Å². The third kappa shape index (κ3) is 3.08. The molecule has 0 aromatic heterocycles. The average Bonchev–Trinajstić information content (AvgIpc) is 2.56. The Morgan fingerprint density at radius 1 is 0.818 bits per heavy atom. The third-order valence-corrected chi connectivity index (χ3v) is 3.05. The van der Waals surface area contributed by atoms with Crippen molar-refractivity contribution in [2.45, 2.75) is 0 Å². The number of benzene rings is 2. The molecule has 6 heteroatoms. The number of carbonyl (C=O) groups excluding carboxylic acids is 2. The summed E-state index contributed by atoms with van der Waals surface area (Å²) in [6.45, 7) is -0.0655. The van der Waals surface area contributed by atoms with Crippen molar-refractivity contribution in [3.8, 4) is 11.5 Å². The van der Waals surface area contributed by atoms with Gasteiger partial charge in [-0.25, -0.2) is 0 Å². The first-order valence-electron chi connectivity index (χ1n) is 6.50. The highest BCUT2D eigenvalue weighted by Crippen LogP contribution is 2.38. The summed E-state index contributed by atoms with van der Waals surface area (Å²) in [7, 11) is 2.95. The largest absolute Gasteiger partial charge is 0.466 e. The molecule has 22 heavy (non-hydrogen) atoms. The fraction of sp³-hybridized carbons (Fsp3) is 0.250. The van der Waals surface area contributed by atoms with Crippen LogP contribution in [0.2, 0.25) is 0 Å². The van der Waals surface area contributed by atoms with Gasteiger partial charge in [0.2, 0.25) is 0 Å². The summed E-state index contributed by atoms with van der Waals surface area (Å²) >= 11 is 0. The van der Waals surface area contributed by atoms with E-state index in [4.69, 9.17) is 18.9 Å². The Morgan fingerprint density at radius 2 is 1.27 bits per heavy atom. The van der Waals surface area contributed by atoms with Gasteiger partial charge in [0.05, 0.1) is 16.5 Å². The molecule has 0 unspecified atom stereocenters. The summed E-state index contributed by atoms with van der Waals surface area (Å²) in [5.41, 5.74) is 0.685. The molecule has 6 nitrogen and oxygen atoms in total. The van der Waals surface area contributed by atoms with E-state index in [9.17, 15) is 9.59 Å². The minimum absolute atomic E-state index is 0.0327. The molecule has 116 valence electrons. The molecular weight excluding hydrogens is 288 g/mol. The van der Waals surface area contributed by atoms with Gasteiger partial charge >= 0.3 is 0 Å². The van der Waals surface area contributed by atoms with Crippen LogP contribution in [0.5, 0.6) is 11.5 Å². The first-order valence-corrected chi connectivity index (χ1v) is 6.50. The van der Waals surface area contributed by atoms with E-state index in [0.29, 0.717) is 40.6 Å². The normalized spacial score (nSPS) is 10.5. The first kappa shape index (κ1) is 15.9. The van der Waals surface area contributed by atoms with Gasteiger partial charge in [-0.3, -0.25) is 9.59 Å². The highest BCUT2D eigenvalue weighted by molar-refractivity contribution is 6.03.